The minimum Gasteiger partial charge on any atom is -0.339 e. The van der Waals surface area contributed by atoms with Crippen molar-refractivity contribution >= 4 is 39.1 Å². The van der Waals surface area contributed by atoms with Crippen molar-refractivity contribution in [1.29, 1.82) is 0 Å². The fourth-order valence-electron chi connectivity index (χ4n) is 2.41. The number of carbonyl (C=O) groups is 1. The first-order valence-electron chi connectivity index (χ1n) is 7.45. The van der Waals surface area contributed by atoms with E-state index in [1.807, 2.05) is 49.5 Å². The Hall–Kier alpha value is -1.91. The molecule has 1 aromatic heterocycles. The first-order chi connectivity index (χ1) is 11.1. The lowest BCUT2D eigenvalue weighted by molar-refractivity contribution is -0.130. The number of halogens is 1. The Balaban J connectivity index is 1.60. The van der Waals surface area contributed by atoms with Gasteiger partial charge in [0.05, 0.1) is 16.8 Å². The van der Waals surface area contributed by atoms with Crippen LogP contribution < -0.4 is 0 Å². The quantitative estimate of drug-likeness (QED) is 0.680. The summed E-state index contributed by atoms with van der Waals surface area (Å²) >= 11 is 7.76. The van der Waals surface area contributed by atoms with E-state index in [-0.39, 0.29) is 5.91 Å². The maximum Gasteiger partial charge on any atom is 0.223 e. The van der Waals surface area contributed by atoms with Crippen LogP contribution in [0.1, 0.15) is 17.0 Å². The number of aromatic nitrogens is 1. The van der Waals surface area contributed by atoms with Crippen molar-refractivity contribution in [3.63, 3.8) is 0 Å². The molecular weight excluding hydrogens is 328 g/mol. The molecule has 1 heterocycles. The molecule has 0 N–H and O–H groups in total. The van der Waals surface area contributed by atoms with Gasteiger partial charge < -0.3 is 4.90 Å². The Morgan fingerprint density at radius 2 is 1.91 bits per heavy atom. The number of carbonyl (C=O) groups excluding carboxylic acids is 1. The van der Waals surface area contributed by atoms with E-state index < -0.39 is 0 Å². The highest BCUT2D eigenvalue weighted by atomic mass is 35.5. The maximum absolute atomic E-state index is 12.3. The van der Waals surface area contributed by atoms with E-state index in [0.717, 1.165) is 20.8 Å². The number of hydrogen-bond acceptors (Lipinski definition) is 3. The molecule has 0 bridgehead atoms. The van der Waals surface area contributed by atoms with Crippen LogP contribution in [0.4, 0.5) is 0 Å². The number of hydrogen-bond donors (Lipinski definition) is 0. The summed E-state index contributed by atoms with van der Waals surface area (Å²) in [5.41, 5.74) is 2.00. The third kappa shape index (κ3) is 3.89. The van der Waals surface area contributed by atoms with Gasteiger partial charge in [0.25, 0.3) is 0 Å². The third-order valence-electron chi connectivity index (χ3n) is 3.70. The van der Waals surface area contributed by atoms with E-state index in [9.17, 15) is 4.79 Å². The second-order valence-electron chi connectivity index (χ2n) is 5.42. The first kappa shape index (κ1) is 16.0. The van der Waals surface area contributed by atoms with Crippen LogP contribution in [0.15, 0.2) is 48.5 Å². The van der Waals surface area contributed by atoms with Crippen molar-refractivity contribution in [3.05, 3.63) is 64.1 Å². The van der Waals surface area contributed by atoms with Gasteiger partial charge in [0.15, 0.2) is 0 Å². The molecule has 3 rings (SSSR count). The number of amides is 1. The predicted molar refractivity (Wildman–Crippen MR) is 95.9 cm³/mol. The Kier molecular flexibility index (Phi) is 4.94. The van der Waals surface area contributed by atoms with E-state index in [2.05, 4.69) is 11.1 Å². The molecule has 0 atom stereocenters. The molecule has 3 aromatic rings. The molecule has 0 unspecified atom stereocenters. The van der Waals surface area contributed by atoms with Gasteiger partial charge in [-0.15, -0.1) is 11.3 Å². The molecule has 0 radical (unpaired) electrons. The normalized spacial score (nSPS) is 10.9. The molecule has 1 amide bonds. The first-order valence-corrected chi connectivity index (χ1v) is 8.65. The molecule has 0 saturated heterocycles. The lowest BCUT2D eigenvalue weighted by atomic mass is 10.1. The third-order valence-corrected chi connectivity index (χ3v) is 5.09. The predicted octanol–water partition coefficient (Wildman–Crippen LogP) is 4.54. The van der Waals surface area contributed by atoms with E-state index >= 15 is 0 Å². The van der Waals surface area contributed by atoms with Crippen molar-refractivity contribution in [1.82, 2.24) is 9.88 Å². The van der Waals surface area contributed by atoms with Crippen LogP contribution in [0.5, 0.6) is 0 Å². The standard InChI is InChI=1S/C18H17ClN2OS/c1-21(12-17-20-15-8-4-5-9-16(15)23-17)18(22)11-10-13-6-2-3-7-14(13)19/h2-9H,10-12H2,1H3. The molecule has 0 aliphatic rings. The molecule has 2 aromatic carbocycles. The number of thiazole rings is 1. The van der Waals surface area contributed by atoms with Crippen LogP contribution in [0.2, 0.25) is 5.02 Å². The highest BCUT2D eigenvalue weighted by Crippen LogP contribution is 2.23. The highest BCUT2D eigenvalue weighted by Gasteiger charge is 2.13. The molecule has 23 heavy (non-hydrogen) atoms. The number of rotatable bonds is 5. The number of nitrogens with zero attached hydrogens (tertiary/aromatic N) is 2. The Morgan fingerprint density at radius 1 is 1.17 bits per heavy atom. The Labute approximate surface area is 144 Å². The lowest BCUT2D eigenvalue weighted by Gasteiger charge is -2.15. The summed E-state index contributed by atoms with van der Waals surface area (Å²) in [7, 11) is 1.82. The summed E-state index contributed by atoms with van der Waals surface area (Å²) in [4.78, 5) is 18.6. The fraction of sp³-hybridized carbons (Fsp3) is 0.222. The van der Waals surface area contributed by atoms with Crippen LogP contribution in [0.25, 0.3) is 10.2 Å². The second kappa shape index (κ2) is 7.11. The SMILES string of the molecule is CN(Cc1nc2ccccc2s1)C(=O)CCc1ccccc1Cl. The van der Waals surface area contributed by atoms with Crippen molar-refractivity contribution in [3.8, 4) is 0 Å². The van der Waals surface area contributed by atoms with Crippen LogP contribution in [0, 0.1) is 0 Å². The van der Waals surface area contributed by atoms with Crippen molar-refractivity contribution in [2.24, 2.45) is 0 Å². The van der Waals surface area contributed by atoms with Gasteiger partial charge in [-0.25, -0.2) is 4.98 Å². The molecule has 0 spiro atoms. The van der Waals surface area contributed by atoms with Gasteiger partial charge in [-0.2, -0.15) is 0 Å². The van der Waals surface area contributed by atoms with Crippen LogP contribution in [0.3, 0.4) is 0 Å². The summed E-state index contributed by atoms with van der Waals surface area (Å²) in [6.07, 6.45) is 1.10. The van der Waals surface area contributed by atoms with Crippen LogP contribution >= 0.6 is 22.9 Å². The largest absolute Gasteiger partial charge is 0.339 e. The molecule has 0 aliphatic heterocycles. The minimum atomic E-state index is 0.101. The van der Waals surface area contributed by atoms with Gasteiger partial charge >= 0.3 is 0 Å². The average molecular weight is 345 g/mol. The monoisotopic (exact) mass is 344 g/mol. The molecular formula is C18H17ClN2OS. The average Bonchev–Trinajstić information content (AvgIpc) is 2.96. The molecule has 0 aliphatic carbocycles. The van der Waals surface area contributed by atoms with Gasteiger partial charge in [0, 0.05) is 18.5 Å². The van der Waals surface area contributed by atoms with Crippen LogP contribution in [-0.2, 0) is 17.8 Å². The van der Waals surface area contributed by atoms with E-state index in [0.29, 0.717) is 24.4 Å². The molecule has 118 valence electrons. The Bertz CT molecular complexity index is 798. The smallest absolute Gasteiger partial charge is 0.223 e. The number of fused-ring (bicyclic) bond motifs is 1. The molecule has 3 nitrogen and oxygen atoms in total. The van der Waals surface area contributed by atoms with E-state index in [4.69, 9.17) is 11.6 Å². The molecule has 0 fully saturated rings. The zero-order valence-electron chi connectivity index (χ0n) is 12.8. The van der Waals surface area contributed by atoms with E-state index in [1.54, 1.807) is 16.2 Å². The van der Waals surface area contributed by atoms with Crippen molar-refractivity contribution in [2.75, 3.05) is 7.05 Å². The summed E-state index contributed by atoms with van der Waals surface area (Å²) in [5.74, 6) is 0.101. The van der Waals surface area contributed by atoms with Gasteiger partial charge in [-0.05, 0) is 30.2 Å². The maximum atomic E-state index is 12.3. The van der Waals surface area contributed by atoms with Gasteiger partial charge in [-0.3, -0.25) is 4.79 Å². The number of benzene rings is 2. The van der Waals surface area contributed by atoms with Gasteiger partial charge in [0.2, 0.25) is 5.91 Å². The molecule has 0 saturated carbocycles. The zero-order chi connectivity index (χ0) is 16.2. The fourth-order valence-corrected chi connectivity index (χ4v) is 3.66. The molecule has 5 heteroatoms. The summed E-state index contributed by atoms with van der Waals surface area (Å²) in [6.45, 7) is 0.542. The number of para-hydroxylation sites is 1. The van der Waals surface area contributed by atoms with Gasteiger partial charge in [0.1, 0.15) is 5.01 Å². The highest BCUT2D eigenvalue weighted by molar-refractivity contribution is 7.18. The zero-order valence-corrected chi connectivity index (χ0v) is 14.4. The van der Waals surface area contributed by atoms with Crippen molar-refractivity contribution in [2.45, 2.75) is 19.4 Å². The topological polar surface area (TPSA) is 33.2 Å². The van der Waals surface area contributed by atoms with E-state index in [1.165, 1.54) is 0 Å². The van der Waals surface area contributed by atoms with Crippen LogP contribution in [-0.4, -0.2) is 22.8 Å². The lowest BCUT2D eigenvalue weighted by Crippen LogP contribution is -2.26. The second-order valence-corrected chi connectivity index (χ2v) is 6.94. The van der Waals surface area contributed by atoms with Crippen molar-refractivity contribution < 1.29 is 4.79 Å². The summed E-state index contributed by atoms with van der Waals surface area (Å²) < 4.78 is 1.15. The minimum absolute atomic E-state index is 0.101. The Morgan fingerprint density at radius 3 is 2.70 bits per heavy atom. The van der Waals surface area contributed by atoms with Gasteiger partial charge in [-0.1, -0.05) is 41.9 Å². The summed E-state index contributed by atoms with van der Waals surface area (Å²) in [5, 5.41) is 1.67. The number of aryl methyl sites for hydroxylation is 1. The summed E-state index contributed by atoms with van der Waals surface area (Å²) in [6, 6.07) is 15.7.